The molecule has 1 fully saturated rings. The molecule has 104 valence electrons. The molecule has 2 atom stereocenters. The number of carbonyl (C=O) groups excluding carboxylic acids is 1. The molecule has 4 nitrogen and oxygen atoms in total. The normalized spacial score (nSPS) is 23.1. The summed E-state index contributed by atoms with van der Waals surface area (Å²) < 4.78 is 0. The molecule has 1 heterocycles. The molecule has 0 bridgehead atoms. The van der Waals surface area contributed by atoms with Crippen molar-refractivity contribution >= 4 is 17.5 Å². The van der Waals surface area contributed by atoms with Crippen molar-refractivity contribution in [3.63, 3.8) is 0 Å². The Labute approximate surface area is 118 Å². The predicted molar refractivity (Wildman–Crippen MR) is 74.2 cm³/mol. The zero-order valence-corrected chi connectivity index (χ0v) is 11.8. The Morgan fingerprint density at radius 3 is 2.89 bits per heavy atom. The second kappa shape index (κ2) is 6.35. The zero-order chi connectivity index (χ0) is 13.8. The Morgan fingerprint density at radius 1 is 1.47 bits per heavy atom. The van der Waals surface area contributed by atoms with Crippen molar-refractivity contribution in [3.05, 3.63) is 29.0 Å². The van der Waals surface area contributed by atoms with Crippen molar-refractivity contribution < 1.29 is 9.90 Å². The van der Waals surface area contributed by atoms with Crippen LogP contribution in [-0.2, 0) is 0 Å². The molecule has 2 unspecified atom stereocenters. The molecule has 1 N–H and O–H groups in total. The lowest BCUT2D eigenvalue weighted by atomic mass is 9.86. The van der Waals surface area contributed by atoms with E-state index in [1.54, 1.807) is 30.1 Å². The lowest BCUT2D eigenvalue weighted by molar-refractivity contribution is 0.0448. The van der Waals surface area contributed by atoms with E-state index in [1.807, 2.05) is 0 Å². The molecule has 1 aromatic heterocycles. The lowest BCUT2D eigenvalue weighted by Gasteiger charge is -2.31. The van der Waals surface area contributed by atoms with Gasteiger partial charge in [-0.2, -0.15) is 0 Å². The molecule has 1 amide bonds. The summed E-state index contributed by atoms with van der Waals surface area (Å²) in [5, 5.41) is 10.3. The first-order valence-corrected chi connectivity index (χ1v) is 7.02. The van der Waals surface area contributed by atoms with E-state index in [1.165, 1.54) is 0 Å². The molecular weight excluding hydrogens is 264 g/mol. The van der Waals surface area contributed by atoms with E-state index in [-0.39, 0.29) is 17.9 Å². The number of rotatable bonds is 3. The highest BCUT2D eigenvalue weighted by atomic mass is 35.5. The zero-order valence-electron chi connectivity index (χ0n) is 11.1. The first-order valence-electron chi connectivity index (χ1n) is 6.64. The fourth-order valence-electron chi connectivity index (χ4n) is 2.56. The van der Waals surface area contributed by atoms with E-state index in [9.17, 15) is 9.90 Å². The molecular formula is C14H19ClN2O2. The van der Waals surface area contributed by atoms with E-state index in [2.05, 4.69) is 4.98 Å². The summed E-state index contributed by atoms with van der Waals surface area (Å²) in [5.74, 6) is 0.0159. The number of halogens is 1. The minimum atomic E-state index is -0.295. The van der Waals surface area contributed by atoms with Crippen molar-refractivity contribution in [3.8, 4) is 0 Å². The molecule has 1 aliphatic rings. The third-order valence-electron chi connectivity index (χ3n) is 3.66. The molecule has 0 saturated heterocycles. The highest BCUT2D eigenvalue weighted by molar-refractivity contribution is 6.29. The van der Waals surface area contributed by atoms with Gasteiger partial charge in [0.05, 0.1) is 6.10 Å². The number of amides is 1. The van der Waals surface area contributed by atoms with Gasteiger partial charge in [-0.15, -0.1) is 0 Å². The second-order valence-corrected chi connectivity index (χ2v) is 5.53. The Morgan fingerprint density at radius 2 is 2.21 bits per heavy atom. The van der Waals surface area contributed by atoms with Crippen LogP contribution in [0.1, 0.15) is 36.2 Å². The van der Waals surface area contributed by atoms with E-state index < -0.39 is 0 Å². The molecule has 2 rings (SSSR count). The number of pyridine rings is 1. The van der Waals surface area contributed by atoms with Gasteiger partial charge in [0.2, 0.25) is 0 Å². The van der Waals surface area contributed by atoms with Gasteiger partial charge in [-0.05, 0) is 25.0 Å². The van der Waals surface area contributed by atoms with Crippen LogP contribution in [-0.4, -0.2) is 40.6 Å². The molecule has 0 spiro atoms. The van der Waals surface area contributed by atoms with Crippen LogP contribution in [0.3, 0.4) is 0 Å². The molecule has 5 heteroatoms. The third kappa shape index (κ3) is 3.67. The molecule has 1 aromatic rings. The smallest absolute Gasteiger partial charge is 0.272 e. The maximum Gasteiger partial charge on any atom is 0.272 e. The lowest BCUT2D eigenvalue weighted by Crippen LogP contribution is -2.38. The van der Waals surface area contributed by atoms with Crippen molar-refractivity contribution in [2.45, 2.75) is 31.8 Å². The van der Waals surface area contributed by atoms with E-state index in [0.717, 1.165) is 25.7 Å². The monoisotopic (exact) mass is 282 g/mol. The standard InChI is InChI=1S/C14H19ClN2O2/c1-17(9-10-5-2-3-7-12(10)18)14(19)11-6-4-8-13(15)16-11/h4,6,8,10,12,18H,2-3,5,7,9H2,1H3. The van der Waals surface area contributed by atoms with Gasteiger partial charge in [0.25, 0.3) is 5.91 Å². The quantitative estimate of drug-likeness (QED) is 0.866. The van der Waals surface area contributed by atoms with Gasteiger partial charge >= 0.3 is 0 Å². The maximum atomic E-state index is 12.2. The van der Waals surface area contributed by atoms with Gasteiger partial charge in [0.1, 0.15) is 10.8 Å². The fourth-order valence-corrected chi connectivity index (χ4v) is 2.72. The highest BCUT2D eigenvalue weighted by Crippen LogP contribution is 2.25. The Bertz CT molecular complexity index is 453. The fraction of sp³-hybridized carbons (Fsp3) is 0.571. The number of nitrogens with zero attached hydrogens (tertiary/aromatic N) is 2. The van der Waals surface area contributed by atoms with Crippen LogP contribution >= 0.6 is 11.6 Å². The summed E-state index contributed by atoms with van der Waals surface area (Å²) in [6, 6.07) is 5.01. The van der Waals surface area contributed by atoms with Crippen LogP contribution in [0.5, 0.6) is 0 Å². The highest BCUT2D eigenvalue weighted by Gasteiger charge is 2.26. The summed E-state index contributed by atoms with van der Waals surface area (Å²) in [6.45, 7) is 0.564. The van der Waals surface area contributed by atoms with Crippen molar-refractivity contribution in [2.75, 3.05) is 13.6 Å². The summed E-state index contributed by atoms with van der Waals surface area (Å²) in [5.41, 5.74) is 0.347. The number of aliphatic hydroxyl groups excluding tert-OH is 1. The molecule has 1 aliphatic carbocycles. The van der Waals surface area contributed by atoms with Crippen LogP contribution in [0.25, 0.3) is 0 Å². The van der Waals surface area contributed by atoms with Gasteiger partial charge in [-0.3, -0.25) is 4.79 Å². The average Bonchev–Trinajstić information content (AvgIpc) is 2.40. The number of hydrogen-bond acceptors (Lipinski definition) is 3. The topological polar surface area (TPSA) is 53.4 Å². The van der Waals surface area contributed by atoms with Crippen molar-refractivity contribution in [2.24, 2.45) is 5.92 Å². The van der Waals surface area contributed by atoms with Crippen LogP contribution < -0.4 is 0 Å². The maximum absolute atomic E-state index is 12.2. The molecule has 0 aliphatic heterocycles. The summed E-state index contributed by atoms with van der Waals surface area (Å²) >= 11 is 5.79. The summed E-state index contributed by atoms with van der Waals surface area (Å²) in [6.07, 6.45) is 3.71. The molecule has 0 radical (unpaired) electrons. The van der Waals surface area contributed by atoms with Crippen LogP contribution in [0, 0.1) is 5.92 Å². The van der Waals surface area contributed by atoms with E-state index >= 15 is 0 Å². The predicted octanol–water partition coefficient (Wildman–Crippen LogP) is 2.36. The van der Waals surface area contributed by atoms with Crippen molar-refractivity contribution in [1.29, 1.82) is 0 Å². The van der Waals surface area contributed by atoms with Gasteiger partial charge < -0.3 is 10.0 Å². The van der Waals surface area contributed by atoms with E-state index in [0.29, 0.717) is 17.4 Å². The minimum absolute atomic E-state index is 0.153. The van der Waals surface area contributed by atoms with Gasteiger partial charge in [0, 0.05) is 19.5 Å². The number of aliphatic hydroxyl groups is 1. The number of aromatic nitrogens is 1. The Balaban J connectivity index is 1.99. The van der Waals surface area contributed by atoms with Crippen LogP contribution in [0.2, 0.25) is 5.15 Å². The van der Waals surface area contributed by atoms with Crippen LogP contribution in [0.4, 0.5) is 0 Å². The average molecular weight is 283 g/mol. The largest absolute Gasteiger partial charge is 0.393 e. The number of hydrogen-bond donors (Lipinski definition) is 1. The Kier molecular flexibility index (Phi) is 4.77. The van der Waals surface area contributed by atoms with E-state index in [4.69, 9.17) is 11.6 Å². The Hall–Kier alpha value is -1.13. The SMILES string of the molecule is CN(CC1CCCCC1O)C(=O)c1cccc(Cl)n1. The first-order chi connectivity index (χ1) is 9.08. The summed E-state index contributed by atoms with van der Waals surface area (Å²) in [4.78, 5) is 17.8. The summed E-state index contributed by atoms with van der Waals surface area (Å²) in [7, 11) is 1.74. The van der Waals surface area contributed by atoms with Gasteiger partial charge in [-0.25, -0.2) is 4.98 Å². The first kappa shape index (κ1) is 14.3. The van der Waals surface area contributed by atoms with Crippen LogP contribution in [0.15, 0.2) is 18.2 Å². The van der Waals surface area contributed by atoms with Gasteiger partial charge in [-0.1, -0.05) is 30.5 Å². The third-order valence-corrected chi connectivity index (χ3v) is 3.87. The van der Waals surface area contributed by atoms with Crippen molar-refractivity contribution in [1.82, 2.24) is 9.88 Å². The second-order valence-electron chi connectivity index (χ2n) is 5.14. The number of carbonyl (C=O) groups is 1. The minimum Gasteiger partial charge on any atom is -0.393 e. The van der Waals surface area contributed by atoms with Gasteiger partial charge in [0.15, 0.2) is 0 Å². The molecule has 1 saturated carbocycles. The molecule has 19 heavy (non-hydrogen) atoms. The molecule has 0 aromatic carbocycles.